The number of carboxylic acid groups (broad SMARTS) is 1. The zero-order chi connectivity index (χ0) is 19.3. The molecular formula is C21H25N5O2. The number of pyridine rings is 1. The average molecular weight is 379 g/mol. The van der Waals surface area contributed by atoms with Gasteiger partial charge in [-0.05, 0) is 49.3 Å². The second-order valence-electron chi connectivity index (χ2n) is 8.05. The van der Waals surface area contributed by atoms with Crippen molar-refractivity contribution in [1.29, 1.82) is 0 Å². The van der Waals surface area contributed by atoms with Crippen LogP contribution in [0.1, 0.15) is 37.2 Å². The number of hydrogen-bond donors (Lipinski definition) is 3. The summed E-state index contributed by atoms with van der Waals surface area (Å²) in [6.45, 7) is 2.18. The maximum Gasteiger partial charge on any atom is 0.333 e. The summed E-state index contributed by atoms with van der Waals surface area (Å²) in [6, 6.07) is 0.183. The summed E-state index contributed by atoms with van der Waals surface area (Å²) >= 11 is 0. The molecule has 7 heteroatoms. The Kier molecular flexibility index (Phi) is 4.12. The molecule has 1 saturated carbocycles. The topological polar surface area (TPSA) is 98.5 Å². The number of nitrogens with two attached hydrogens (primary N) is 1. The van der Waals surface area contributed by atoms with Crippen LogP contribution >= 0.6 is 0 Å². The Morgan fingerprint density at radius 2 is 2.18 bits per heavy atom. The quantitative estimate of drug-likeness (QED) is 0.756. The molecular weight excluding hydrogens is 354 g/mol. The number of carboxylic acids is 1. The molecule has 5 rings (SSSR count). The van der Waals surface area contributed by atoms with Crippen molar-refractivity contribution in [1.82, 2.24) is 9.97 Å². The number of piperidine rings is 1. The van der Waals surface area contributed by atoms with Crippen LogP contribution in [-0.4, -0.2) is 46.7 Å². The Labute approximate surface area is 163 Å². The molecule has 1 saturated heterocycles. The summed E-state index contributed by atoms with van der Waals surface area (Å²) in [7, 11) is 0. The lowest BCUT2D eigenvalue weighted by Crippen LogP contribution is -2.43. The summed E-state index contributed by atoms with van der Waals surface area (Å²) in [5.41, 5.74) is 11.0. The highest BCUT2D eigenvalue weighted by molar-refractivity contribution is 6.03. The van der Waals surface area contributed by atoms with Crippen molar-refractivity contribution in [3.63, 3.8) is 0 Å². The molecule has 0 bridgehead atoms. The van der Waals surface area contributed by atoms with E-state index in [0.717, 1.165) is 42.7 Å². The molecule has 2 aromatic rings. The lowest BCUT2D eigenvalue weighted by atomic mass is 10.0. The third-order valence-electron chi connectivity index (χ3n) is 5.96. The van der Waals surface area contributed by atoms with Gasteiger partial charge >= 0.3 is 5.97 Å². The first-order chi connectivity index (χ1) is 13.6. The first-order valence-corrected chi connectivity index (χ1v) is 9.99. The van der Waals surface area contributed by atoms with E-state index in [-0.39, 0.29) is 6.04 Å². The van der Waals surface area contributed by atoms with Gasteiger partial charge in [0.05, 0.1) is 28.9 Å². The molecule has 2 aromatic heterocycles. The van der Waals surface area contributed by atoms with Crippen molar-refractivity contribution < 1.29 is 9.90 Å². The maximum atomic E-state index is 11.5. The van der Waals surface area contributed by atoms with E-state index in [4.69, 9.17) is 10.7 Å². The monoisotopic (exact) mass is 379 g/mol. The second-order valence-corrected chi connectivity index (χ2v) is 8.05. The van der Waals surface area contributed by atoms with Crippen LogP contribution < -0.4 is 15.5 Å². The van der Waals surface area contributed by atoms with Gasteiger partial charge in [-0.2, -0.15) is 0 Å². The zero-order valence-corrected chi connectivity index (χ0v) is 15.8. The molecule has 3 aliphatic rings. The highest BCUT2D eigenvalue weighted by atomic mass is 16.4. The van der Waals surface area contributed by atoms with Gasteiger partial charge in [0.2, 0.25) is 0 Å². The molecule has 0 amide bonds. The fourth-order valence-electron chi connectivity index (χ4n) is 4.41. The number of carbonyl (C=O) groups is 1. The third kappa shape index (κ3) is 2.96. The SMILES string of the molecule is N[C@@H]1CCCN(c2c(C3CC3)cnc3[nH]cc(N4C=CC=C(C(=O)O)C4)c23)C1. The molecule has 0 spiro atoms. The Morgan fingerprint density at radius 3 is 2.93 bits per heavy atom. The smallest absolute Gasteiger partial charge is 0.333 e. The van der Waals surface area contributed by atoms with Gasteiger partial charge < -0.3 is 25.6 Å². The lowest BCUT2D eigenvalue weighted by Gasteiger charge is -2.35. The first-order valence-electron chi connectivity index (χ1n) is 9.99. The largest absolute Gasteiger partial charge is 0.478 e. The van der Waals surface area contributed by atoms with Crippen molar-refractivity contribution in [3.8, 4) is 0 Å². The number of rotatable bonds is 4. The molecule has 4 N–H and O–H groups in total. The third-order valence-corrected chi connectivity index (χ3v) is 5.96. The molecule has 0 radical (unpaired) electrons. The van der Waals surface area contributed by atoms with Gasteiger partial charge in [0, 0.05) is 37.7 Å². The molecule has 146 valence electrons. The molecule has 2 fully saturated rings. The zero-order valence-electron chi connectivity index (χ0n) is 15.8. The van der Waals surface area contributed by atoms with Crippen molar-refractivity contribution in [2.24, 2.45) is 5.73 Å². The van der Waals surface area contributed by atoms with Gasteiger partial charge in [-0.1, -0.05) is 0 Å². The van der Waals surface area contributed by atoms with E-state index in [2.05, 4.69) is 9.88 Å². The summed E-state index contributed by atoms with van der Waals surface area (Å²) in [5, 5.41) is 10.5. The highest BCUT2D eigenvalue weighted by Crippen LogP contribution is 2.48. The van der Waals surface area contributed by atoms with Crippen molar-refractivity contribution >= 4 is 28.4 Å². The normalized spacial score (nSPS) is 22.6. The van der Waals surface area contributed by atoms with Gasteiger partial charge in [0.1, 0.15) is 5.65 Å². The number of anilines is 2. The predicted molar refractivity (Wildman–Crippen MR) is 110 cm³/mol. The summed E-state index contributed by atoms with van der Waals surface area (Å²) in [6.07, 6.45) is 13.9. The molecule has 1 aliphatic carbocycles. The Morgan fingerprint density at radius 1 is 1.32 bits per heavy atom. The van der Waals surface area contributed by atoms with E-state index in [9.17, 15) is 9.90 Å². The van der Waals surface area contributed by atoms with E-state index >= 15 is 0 Å². The Hall–Kier alpha value is -2.80. The molecule has 1 atom stereocenters. The van der Waals surface area contributed by atoms with Crippen LogP contribution in [0.4, 0.5) is 11.4 Å². The number of nitrogens with zero attached hydrogens (tertiary/aromatic N) is 3. The van der Waals surface area contributed by atoms with E-state index < -0.39 is 5.97 Å². The molecule has 2 aliphatic heterocycles. The van der Waals surface area contributed by atoms with Crippen LogP contribution in [0, 0.1) is 0 Å². The van der Waals surface area contributed by atoms with E-state index in [1.807, 2.05) is 23.5 Å². The van der Waals surface area contributed by atoms with Gasteiger partial charge in [-0.3, -0.25) is 0 Å². The highest BCUT2D eigenvalue weighted by Gasteiger charge is 2.32. The van der Waals surface area contributed by atoms with E-state index in [1.54, 1.807) is 12.2 Å². The Balaban J connectivity index is 1.63. The minimum Gasteiger partial charge on any atom is -0.478 e. The molecule has 4 heterocycles. The second kappa shape index (κ2) is 6.67. The fraction of sp³-hybridized carbons (Fsp3) is 0.429. The molecule has 0 unspecified atom stereocenters. The molecule has 7 nitrogen and oxygen atoms in total. The van der Waals surface area contributed by atoms with Crippen LogP contribution in [0.3, 0.4) is 0 Å². The number of aromatic amines is 1. The minimum atomic E-state index is -0.881. The van der Waals surface area contributed by atoms with Crippen LogP contribution in [-0.2, 0) is 4.79 Å². The number of hydrogen-bond acceptors (Lipinski definition) is 5. The average Bonchev–Trinajstić information content (AvgIpc) is 3.46. The number of H-pyrrole nitrogens is 1. The molecule has 28 heavy (non-hydrogen) atoms. The number of nitrogens with one attached hydrogen (secondary N) is 1. The van der Waals surface area contributed by atoms with Gasteiger partial charge in [-0.25, -0.2) is 9.78 Å². The maximum absolute atomic E-state index is 11.5. The summed E-state index contributed by atoms with van der Waals surface area (Å²) in [4.78, 5) is 23.9. The molecule has 0 aromatic carbocycles. The number of fused-ring (bicyclic) bond motifs is 1. The standard InChI is InChI=1S/C21H25N5O2/c22-15-4-2-8-26(12-15)19-16(13-5-6-13)9-23-20-18(19)17(10-24-20)25-7-1-3-14(11-25)21(27)28/h1,3,7,9-10,13,15H,2,4-6,8,11-12,22H2,(H,23,24)(H,27,28)/t15-/m1/s1. The van der Waals surface area contributed by atoms with Gasteiger partial charge in [0.15, 0.2) is 0 Å². The summed E-state index contributed by atoms with van der Waals surface area (Å²) in [5.74, 6) is -0.313. The van der Waals surface area contributed by atoms with Gasteiger partial charge in [0.25, 0.3) is 0 Å². The van der Waals surface area contributed by atoms with Crippen LogP contribution in [0.25, 0.3) is 11.0 Å². The number of allylic oxidation sites excluding steroid dienone is 2. The number of aromatic nitrogens is 2. The van der Waals surface area contributed by atoms with Gasteiger partial charge in [-0.15, -0.1) is 0 Å². The van der Waals surface area contributed by atoms with Crippen LogP contribution in [0.2, 0.25) is 0 Å². The number of aliphatic carboxylic acids is 1. The van der Waals surface area contributed by atoms with E-state index in [1.165, 1.54) is 24.1 Å². The van der Waals surface area contributed by atoms with Crippen molar-refractivity contribution in [2.75, 3.05) is 29.4 Å². The first kappa shape index (κ1) is 17.3. The summed E-state index contributed by atoms with van der Waals surface area (Å²) < 4.78 is 0. The van der Waals surface area contributed by atoms with Crippen LogP contribution in [0.15, 0.2) is 36.3 Å². The van der Waals surface area contributed by atoms with Crippen molar-refractivity contribution in [3.05, 3.63) is 41.9 Å². The van der Waals surface area contributed by atoms with Crippen molar-refractivity contribution in [2.45, 2.75) is 37.6 Å². The van der Waals surface area contributed by atoms with E-state index in [0.29, 0.717) is 18.0 Å². The predicted octanol–water partition coefficient (Wildman–Crippen LogP) is 2.71. The lowest BCUT2D eigenvalue weighted by molar-refractivity contribution is -0.132. The Bertz CT molecular complexity index is 988. The fourth-order valence-corrected chi connectivity index (χ4v) is 4.41. The van der Waals surface area contributed by atoms with Crippen LogP contribution in [0.5, 0.6) is 0 Å². The minimum absolute atomic E-state index is 0.183.